The van der Waals surface area contributed by atoms with Crippen LogP contribution in [0.1, 0.15) is 48.3 Å². The van der Waals surface area contributed by atoms with E-state index in [0.717, 1.165) is 41.2 Å². The Balaban J connectivity index is 1.05. The first-order chi connectivity index (χ1) is 25.0. The third-order valence-corrected chi connectivity index (χ3v) is 11.2. The number of aryl methyl sites for hydroxylation is 1. The van der Waals surface area contributed by atoms with Gasteiger partial charge in [-0.05, 0) is 117 Å². The minimum Gasteiger partial charge on any atom is -0.456 e. The lowest BCUT2D eigenvalue weighted by Crippen LogP contribution is -2.15. The van der Waals surface area contributed by atoms with E-state index in [-0.39, 0.29) is 5.41 Å². The molecule has 8 aromatic rings. The van der Waals surface area contributed by atoms with Gasteiger partial charge in [0.05, 0.1) is 0 Å². The molecular formula is C49H37NO. The lowest BCUT2D eigenvalue weighted by Gasteiger charge is -2.27. The lowest BCUT2D eigenvalue weighted by molar-refractivity contribution is 0.596. The fourth-order valence-corrected chi connectivity index (χ4v) is 8.59. The van der Waals surface area contributed by atoms with Crippen molar-refractivity contribution in [2.45, 2.75) is 32.1 Å². The first-order valence-corrected chi connectivity index (χ1v) is 18.0. The van der Waals surface area contributed by atoms with Gasteiger partial charge in [0.25, 0.3) is 0 Å². The first kappa shape index (κ1) is 29.8. The van der Waals surface area contributed by atoms with E-state index in [1.807, 2.05) is 0 Å². The van der Waals surface area contributed by atoms with Crippen LogP contribution < -0.4 is 4.90 Å². The molecule has 2 nitrogen and oxygen atoms in total. The zero-order valence-electron chi connectivity index (χ0n) is 28.9. The summed E-state index contributed by atoms with van der Waals surface area (Å²) >= 11 is 0. The Kier molecular flexibility index (Phi) is 6.69. The molecule has 0 bridgehead atoms. The van der Waals surface area contributed by atoms with E-state index in [1.165, 1.54) is 66.2 Å². The summed E-state index contributed by atoms with van der Waals surface area (Å²) in [6.07, 6.45) is 4.22. The Morgan fingerprint density at radius 3 is 1.98 bits per heavy atom. The molecular weight excluding hydrogens is 619 g/mol. The molecule has 0 spiro atoms. The summed E-state index contributed by atoms with van der Waals surface area (Å²) in [5, 5.41) is 3.80. The van der Waals surface area contributed by atoms with Gasteiger partial charge in [-0.2, -0.15) is 0 Å². The van der Waals surface area contributed by atoms with E-state index in [0.29, 0.717) is 0 Å². The Labute approximate surface area is 298 Å². The minimum absolute atomic E-state index is 0.0329. The highest BCUT2D eigenvalue weighted by molar-refractivity contribution is 6.09. The van der Waals surface area contributed by atoms with Gasteiger partial charge >= 0.3 is 0 Å². The molecule has 0 aliphatic heterocycles. The molecule has 0 N–H and O–H groups in total. The summed E-state index contributed by atoms with van der Waals surface area (Å²) in [5.74, 6) is 0.994. The van der Waals surface area contributed by atoms with Gasteiger partial charge in [-0.25, -0.2) is 0 Å². The number of fused-ring (bicyclic) bond motifs is 8. The smallest absolute Gasteiger partial charge is 0.135 e. The van der Waals surface area contributed by atoms with Gasteiger partial charge in [0.1, 0.15) is 11.3 Å². The highest BCUT2D eigenvalue weighted by Crippen LogP contribution is 2.50. The maximum absolute atomic E-state index is 6.46. The average molecular weight is 656 g/mol. The molecule has 244 valence electrons. The van der Waals surface area contributed by atoms with Gasteiger partial charge in [-0.1, -0.05) is 129 Å². The van der Waals surface area contributed by atoms with Gasteiger partial charge in [-0.15, -0.1) is 0 Å². The van der Waals surface area contributed by atoms with Crippen molar-refractivity contribution in [3.63, 3.8) is 0 Å². The maximum Gasteiger partial charge on any atom is 0.135 e. The van der Waals surface area contributed by atoms with Crippen molar-refractivity contribution in [3.8, 4) is 22.3 Å². The molecule has 0 unspecified atom stereocenters. The van der Waals surface area contributed by atoms with Crippen LogP contribution in [-0.2, 0) is 11.8 Å². The van der Waals surface area contributed by atoms with Crippen LogP contribution in [0.5, 0.6) is 0 Å². The normalized spacial score (nSPS) is 14.2. The van der Waals surface area contributed by atoms with E-state index >= 15 is 0 Å². The number of benzene rings is 7. The Hall–Kier alpha value is -6.12. The van der Waals surface area contributed by atoms with Gasteiger partial charge in [0.2, 0.25) is 0 Å². The zero-order valence-corrected chi connectivity index (χ0v) is 28.9. The molecule has 0 atom stereocenters. The summed E-state index contributed by atoms with van der Waals surface area (Å²) < 4.78 is 6.46. The van der Waals surface area contributed by atoms with E-state index < -0.39 is 0 Å². The summed E-state index contributed by atoms with van der Waals surface area (Å²) in [6, 6.07) is 57.5. The zero-order chi connectivity index (χ0) is 34.1. The highest BCUT2D eigenvalue weighted by atomic mass is 16.3. The quantitative estimate of drug-likeness (QED) is 0.183. The Morgan fingerprint density at radius 1 is 0.529 bits per heavy atom. The minimum atomic E-state index is -0.0329. The Bertz CT molecular complexity index is 2640. The van der Waals surface area contributed by atoms with E-state index in [2.05, 4.69) is 183 Å². The molecule has 0 amide bonds. The van der Waals surface area contributed by atoms with Gasteiger partial charge in [0.15, 0.2) is 0 Å². The topological polar surface area (TPSA) is 16.4 Å². The lowest BCUT2D eigenvalue weighted by atomic mass is 9.82. The van der Waals surface area contributed by atoms with Crippen molar-refractivity contribution in [2.75, 3.05) is 4.90 Å². The fourth-order valence-electron chi connectivity index (χ4n) is 8.59. The second-order valence-electron chi connectivity index (χ2n) is 14.5. The number of rotatable bonds is 5. The number of hydrogen-bond donors (Lipinski definition) is 0. The van der Waals surface area contributed by atoms with Crippen LogP contribution in [0.4, 0.5) is 17.1 Å². The molecule has 1 aromatic heterocycles. The molecule has 7 aromatic carbocycles. The number of allylic oxidation sites excluding steroid dienone is 1. The van der Waals surface area contributed by atoms with Gasteiger partial charge in [-0.3, -0.25) is 0 Å². The van der Waals surface area contributed by atoms with Crippen LogP contribution in [0, 0.1) is 0 Å². The summed E-state index contributed by atoms with van der Waals surface area (Å²) in [6.45, 7) is 4.68. The van der Waals surface area contributed by atoms with E-state index in [9.17, 15) is 0 Å². The molecule has 2 heteroatoms. The fraction of sp³-hybridized carbons (Fsp3) is 0.102. The third-order valence-electron chi connectivity index (χ3n) is 11.2. The molecule has 51 heavy (non-hydrogen) atoms. The van der Waals surface area contributed by atoms with Gasteiger partial charge in [0, 0.05) is 33.4 Å². The highest BCUT2D eigenvalue weighted by Gasteiger charge is 2.35. The van der Waals surface area contributed by atoms with Crippen LogP contribution in [0.3, 0.4) is 0 Å². The standard InChI is InChI=1S/C49H37NO/c1-49(2)44-15-9-8-14-41(44)43-31-39(26-28-45(43)49)50(37-22-16-33(17-23-37)32-10-4-3-5-11-32)38-24-18-34(19-25-38)36-20-27-42-47(30-36)51-46-29-21-35-12-6-7-13-40(35)48(42)46/h3-19,21-26,28-31H,20,27H2,1-2H3. The van der Waals surface area contributed by atoms with Crippen molar-refractivity contribution >= 4 is 50.5 Å². The average Bonchev–Trinajstić information content (AvgIpc) is 3.67. The molecule has 2 aliphatic rings. The number of nitrogens with zero attached hydrogens (tertiary/aromatic N) is 1. The van der Waals surface area contributed by atoms with Crippen molar-refractivity contribution in [3.05, 3.63) is 186 Å². The first-order valence-electron chi connectivity index (χ1n) is 18.0. The third kappa shape index (κ3) is 4.78. The molecule has 2 aliphatic carbocycles. The maximum atomic E-state index is 6.46. The van der Waals surface area contributed by atoms with Crippen LogP contribution in [0.2, 0.25) is 0 Å². The predicted octanol–water partition coefficient (Wildman–Crippen LogP) is 13.5. The summed E-state index contributed by atoms with van der Waals surface area (Å²) in [4.78, 5) is 2.39. The molecule has 10 rings (SSSR count). The second kappa shape index (κ2) is 11.5. The molecule has 0 saturated heterocycles. The largest absolute Gasteiger partial charge is 0.456 e. The van der Waals surface area contributed by atoms with Crippen LogP contribution in [0.25, 0.3) is 55.6 Å². The molecule has 1 heterocycles. The van der Waals surface area contributed by atoms with Crippen LogP contribution >= 0.6 is 0 Å². The summed E-state index contributed by atoms with van der Waals surface area (Å²) in [7, 11) is 0. The molecule has 0 saturated carbocycles. The number of hydrogen-bond acceptors (Lipinski definition) is 2. The van der Waals surface area contributed by atoms with Crippen molar-refractivity contribution < 1.29 is 4.42 Å². The SMILES string of the molecule is CC1(C)c2ccccc2-c2cc(N(c3ccc(C4=Cc5oc6ccc7ccccc7c6c5CC4)cc3)c3ccc(-c4ccccc4)cc3)ccc21. The monoisotopic (exact) mass is 655 g/mol. The van der Waals surface area contributed by atoms with E-state index in [1.54, 1.807) is 0 Å². The van der Waals surface area contributed by atoms with Crippen LogP contribution in [0.15, 0.2) is 162 Å². The van der Waals surface area contributed by atoms with Crippen molar-refractivity contribution in [2.24, 2.45) is 0 Å². The number of anilines is 3. The van der Waals surface area contributed by atoms with Crippen molar-refractivity contribution in [1.82, 2.24) is 0 Å². The second-order valence-corrected chi connectivity index (χ2v) is 14.5. The molecule has 0 fully saturated rings. The Morgan fingerprint density at radius 2 is 1.18 bits per heavy atom. The predicted molar refractivity (Wildman–Crippen MR) is 214 cm³/mol. The van der Waals surface area contributed by atoms with Crippen molar-refractivity contribution in [1.29, 1.82) is 0 Å². The van der Waals surface area contributed by atoms with Gasteiger partial charge < -0.3 is 9.32 Å². The molecule has 0 radical (unpaired) electrons. The van der Waals surface area contributed by atoms with Crippen LogP contribution in [-0.4, -0.2) is 0 Å². The summed E-state index contributed by atoms with van der Waals surface area (Å²) in [5.41, 5.74) is 16.1. The van der Waals surface area contributed by atoms with E-state index in [4.69, 9.17) is 4.42 Å². The number of furan rings is 1.